The van der Waals surface area contributed by atoms with E-state index in [1.807, 2.05) is 6.07 Å². The molecule has 0 aliphatic heterocycles. The first kappa shape index (κ1) is 11.2. The molecular formula is C14H18O2. The average Bonchev–Trinajstić information content (AvgIpc) is 2.30. The molecule has 16 heavy (non-hydrogen) atoms. The van der Waals surface area contributed by atoms with Gasteiger partial charge in [0.2, 0.25) is 0 Å². The minimum Gasteiger partial charge on any atom is -0.462 e. The summed E-state index contributed by atoms with van der Waals surface area (Å²) in [7, 11) is 0. The Hall–Kier alpha value is -1.31. The monoisotopic (exact) mass is 218 g/mol. The lowest BCUT2D eigenvalue weighted by Gasteiger charge is -2.31. The molecule has 2 rings (SSSR count). The maximum absolute atomic E-state index is 11.1. The van der Waals surface area contributed by atoms with Crippen LogP contribution in [0.4, 0.5) is 0 Å². The fraction of sp³-hybridized carbons (Fsp3) is 0.500. The molecule has 2 heteroatoms. The van der Waals surface area contributed by atoms with Crippen molar-refractivity contribution >= 4 is 5.97 Å². The Morgan fingerprint density at radius 1 is 1.19 bits per heavy atom. The van der Waals surface area contributed by atoms with E-state index < -0.39 is 0 Å². The van der Waals surface area contributed by atoms with E-state index >= 15 is 0 Å². The molecule has 0 radical (unpaired) electrons. The molecule has 0 aromatic heterocycles. The zero-order valence-corrected chi connectivity index (χ0v) is 9.69. The van der Waals surface area contributed by atoms with Crippen molar-refractivity contribution in [1.82, 2.24) is 0 Å². The zero-order chi connectivity index (χ0) is 11.4. The second-order valence-corrected chi connectivity index (χ2v) is 4.45. The smallest absolute Gasteiger partial charge is 0.302 e. The van der Waals surface area contributed by atoms with Crippen LogP contribution in [0.15, 0.2) is 30.3 Å². The van der Waals surface area contributed by atoms with Gasteiger partial charge in [0.15, 0.2) is 0 Å². The molecule has 1 aliphatic rings. The molecule has 1 aromatic carbocycles. The average molecular weight is 218 g/mol. The lowest BCUT2D eigenvalue weighted by atomic mass is 9.81. The first-order valence-corrected chi connectivity index (χ1v) is 5.99. The number of esters is 1. The predicted octanol–water partition coefficient (Wildman–Crippen LogP) is 3.28. The number of hydrogen-bond donors (Lipinski definition) is 0. The second kappa shape index (κ2) is 5.15. The Labute approximate surface area is 96.6 Å². The Morgan fingerprint density at radius 3 is 2.56 bits per heavy atom. The topological polar surface area (TPSA) is 26.3 Å². The molecule has 1 saturated carbocycles. The fourth-order valence-electron chi connectivity index (χ4n) is 2.53. The Kier molecular flexibility index (Phi) is 3.60. The molecular weight excluding hydrogens is 200 g/mol. The number of rotatable bonds is 2. The summed E-state index contributed by atoms with van der Waals surface area (Å²) in [5.74, 6) is 0.228. The van der Waals surface area contributed by atoms with E-state index in [2.05, 4.69) is 24.3 Å². The van der Waals surface area contributed by atoms with Crippen molar-refractivity contribution in [1.29, 1.82) is 0 Å². The highest BCUT2D eigenvalue weighted by atomic mass is 16.5. The van der Waals surface area contributed by atoms with E-state index in [1.165, 1.54) is 25.3 Å². The van der Waals surface area contributed by atoms with Crippen molar-refractivity contribution in [3.8, 4) is 0 Å². The van der Waals surface area contributed by atoms with Crippen molar-refractivity contribution in [3.05, 3.63) is 35.9 Å². The van der Waals surface area contributed by atoms with Gasteiger partial charge in [-0.15, -0.1) is 0 Å². The van der Waals surface area contributed by atoms with Gasteiger partial charge in [0, 0.05) is 12.8 Å². The van der Waals surface area contributed by atoms with Crippen LogP contribution < -0.4 is 0 Å². The molecule has 0 N–H and O–H groups in total. The summed E-state index contributed by atoms with van der Waals surface area (Å²) < 4.78 is 5.42. The van der Waals surface area contributed by atoms with Gasteiger partial charge in [-0.25, -0.2) is 0 Å². The number of carbonyl (C=O) groups excluding carboxylic acids is 1. The van der Waals surface area contributed by atoms with Gasteiger partial charge in [0.1, 0.15) is 6.10 Å². The number of benzene rings is 1. The molecule has 2 nitrogen and oxygen atoms in total. The first-order valence-electron chi connectivity index (χ1n) is 5.99. The molecule has 0 bridgehead atoms. The van der Waals surface area contributed by atoms with E-state index in [0.717, 1.165) is 12.8 Å². The van der Waals surface area contributed by atoms with Crippen molar-refractivity contribution in [3.63, 3.8) is 0 Å². The van der Waals surface area contributed by atoms with Crippen molar-refractivity contribution < 1.29 is 9.53 Å². The second-order valence-electron chi connectivity index (χ2n) is 4.45. The minimum absolute atomic E-state index is 0.0775. The molecule has 1 unspecified atom stereocenters. The third-order valence-electron chi connectivity index (χ3n) is 3.25. The lowest BCUT2D eigenvalue weighted by molar-refractivity contribution is -0.148. The Bertz CT molecular complexity index is 345. The van der Waals surface area contributed by atoms with Crippen LogP contribution in [0, 0.1) is 0 Å². The SMILES string of the molecule is CC(=O)O[C@@H]1CCCCC1c1ccccc1. The van der Waals surface area contributed by atoms with Gasteiger partial charge >= 0.3 is 5.97 Å². The molecule has 1 aromatic rings. The lowest BCUT2D eigenvalue weighted by Crippen LogP contribution is -2.27. The van der Waals surface area contributed by atoms with E-state index in [0.29, 0.717) is 5.92 Å². The maximum atomic E-state index is 11.1. The molecule has 1 aliphatic carbocycles. The summed E-state index contributed by atoms with van der Waals surface area (Å²) in [6, 6.07) is 10.4. The van der Waals surface area contributed by atoms with Crippen LogP contribution in [0.3, 0.4) is 0 Å². The quantitative estimate of drug-likeness (QED) is 0.712. The Morgan fingerprint density at radius 2 is 1.88 bits per heavy atom. The van der Waals surface area contributed by atoms with Gasteiger partial charge in [0.05, 0.1) is 0 Å². The highest BCUT2D eigenvalue weighted by molar-refractivity contribution is 5.66. The number of carbonyl (C=O) groups is 1. The van der Waals surface area contributed by atoms with Gasteiger partial charge < -0.3 is 4.74 Å². The van der Waals surface area contributed by atoms with Crippen molar-refractivity contribution in [2.24, 2.45) is 0 Å². The Balaban J connectivity index is 2.13. The minimum atomic E-state index is -0.159. The third kappa shape index (κ3) is 2.63. The third-order valence-corrected chi connectivity index (χ3v) is 3.25. The number of ether oxygens (including phenoxy) is 1. The molecule has 0 spiro atoms. The highest BCUT2D eigenvalue weighted by Crippen LogP contribution is 2.34. The van der Waals surface area contributed by atoms with Gasteiger partial charge in [-0.2, -0.15) is 0 Å². The normalized spacial score (nSPS) is 25.1. The summed E-state index contributed by atoms with van der Waals surface area (Å²) in [6.07, 6.45) is 4.60. The van der Waals surface area contributed by atoms with Gasteiger partial charge in [-0.3, -0.25) is 4.79 Å². The molecule has 0 saturated heterocycles. The summed E-state index contributed by atoms with van der Waals surface area (Å²) in [5.41, 5.74) is 1.30. The molecule has 1 fully saturated rings. The van der Waals surface area contributed by atoms with Crippen LogP contribution in [-0.2, 0) is 9.53 Å². The predicted molar refractivity (Wildman–Crippen MR) is 63.2 cm³/mol. The van der Waals surface area contributed by atoms with Crippen LogP contribution in [-0.4, -0.2) is 12.1 Å². The summed E-state index contributed by atoms with van der Waals surface area (Å²) in [4.78, 5) is 11.1. The van der Waals surface area contributed by atoms with Gasteiger partial charge in [-0.1, -0.05) is 36.8 Å². The molecule has 0 amide bonds. The van der Waals surface area contributed by atoms with Crippen LogP contribution >= 0.6 is 0 Å². The van der Waals surface area contributed by atoms with E-state index in [4.69, 9.17) is 4.74 Å². The van der Waals surface area contributed by atoms with Crippen molar-refractivity contribution in [2.75, 3.05) is 0 Å². The highest BCUT2D eigenvalue weighted by Gasteiger charge is 2.28. The van der Waals surface area contributed by atoms with Gasteiger partial charge in [0.25, 0.3) is 0 Å². The molecule has 86 valence electrons. The van der Waals surface area contributed by atoms with E-state index in [9.17, 15) is 4.79 Å². The fourth-order valence-corrected chi connectivity index (χ4v) is 2.53. The molecule has 2 atom stereocenters. The largest absolute Gasteiger partial charge is 0.462 e. The first-order chi connectivity index (χ1) is 7.77. The summed E-state index contributed by atoms with van der Waals surface area (Å²) in [6.45, 7) is 1.50. The van der Waals surface area contributed by atoms with Crippen molar-refractivity contribution in [2.45, 2.75) is 44.6 Å². The standard InChI is InChI=1S/C14H18O2/c1-11(15)16-14-10-6-5-9-13(14)12-7-3-2-4-8-12/h2-4,7-8,13-14H,5-6,9-10H2,1H3/t13?,14-/m1/s1. The van der Waals surface area contributed by atoms with Gasteiger partial charge in [-0.05, 0) is 24.8 Å². The van der Waals surface area contributed by atoms with Crippen LogP contribution in [0.25, 0.3) is 0 Å². The molecule has 0 heterocycles. The maximum Gasteiger partial charge on any atom is 0.302 e. The number of hydrogen-bond acceptors (Lipinski definition) is 2. The van der Waals surface area contributed by atoms with E-state index in [-0.39, 0.29) is 12.1 Å². The van der Waals surface area contributed by atoms with E-state index in [1.54, 1.807) is 0 Å². The summed E-state index contributed by atoms with van der Waals surface area (Å²) in [5, 5.41) is 0. The van der Waals surface area contributed by atoms with Crippen LogP contribution in [0.2, 0.25) is 0 Å². The van der Waals surface area contributed by atoms with Crippen LogP contribution in [0.1, 0.15) is 44.1 Å². The zero-order valence-electron chi connectivity index (χ0n) is 9.69. The summed E-state index contributed by atoms with van der Waals surface area (Å²) >= 11 is 0. The van der Waals surface area contributed by atoms with Crippen LogP contribution in [0.5, 0.6) is 0 Å².